The van der Waals surface area contributed by atoms with Crippen LogP contribution in [0.3, 0.4) is 0 Å². The Bertz CT molecular complexity index is 484. The Labute approximate surface area is 106 Å². The van der Waals surface area contributed by atoms with E-state index < -0.39 is 0 Å². The van der Waals surface area contributed by atoms with E-state index >= 15 is 0 Å². The number of fused-ring (bicyclic) bond motifs is 1. The van der Waals surface area contributed by atoms with Crippen molar-refractivity contribution >= 4 is 0 Å². The van der Waals surface area contributed by atoms with E-state index in [1.807, 2.05) is 30.3 Å². The van der Waals surface area contributed by atoms with E-state index in [9.17, 15) is 0 Å². The lowest BCUT2D eigenvalue weighted by atomic mass is 10.2. The van der Waals surface area contributed by atoms with E-state index in [0.717, 1.165) is 42.6 Å². The van der Waals surface area contributed by atoms with Gasteiger partial charge in [-0.15, -0.1) is 0 Å². The molecule has 18 heavy (non-hydrogen) atoms. The number of rotatable bonds is 4. The van der Waals surface area contributed by atoms with Gasteiger partial charge in [0.05, 0.1) is 25.3 Å². The van der Waals surface area contributed by atoms with Crippen molar-refractivity contribution in [3.05, 3.63) is 47.7 Å². The molecule has 1 aromatic carbocycles. The van der Waals surface area contributed by atoms with Crippen molar-refractivity contribution in [1.29, 1.82) is 0 Å². The monoisotopic (exact) mass is 244 g/mol. The second-order valence-electron chi connectivity index (χ2n) is 4.32. The van der Waals surface area contributed by atoms with E-state index in [2.05, 4.69) is 10.3 Å². The highest BCUT2D eigenvalue weighted by Gasteiger charge is 2.16. The van der Waals surface area contributed by atoms with E-state index in [0.29, 0.717) is 13.0 Å². The Morgan fingerprint density at radius 3 is 3.00 bits per heavy atom. The maximum atomic E-state index is 5.69. The summed E-state index contributed by atoms with van der Waals surface area (Å²) in [5.74, 6) is 2.64. The number of aromatic nitrogens is 1. The van der Waals surface area contributed by atoms with Gasteiger partial charge in [0.1, 0.15) is 11.5 Å². The average Bonchev–Trinajstić information content (AvgIpc) is 2.82. The minimum Gasteiger partial charge on any atom is -0.493 e. The highest BCUT2D eigenvalue weighted by atomic mass is 16.5. The zero-order valence-electron chi connectivity index (χ0n) is 10.2. The predicted molar refractivity (Wildman–Crippen MR) is 67.6 cm³/mol. The summed E-state index contributed by atoms with van der Waals surface area (Å²) in [6.07, 6.45) is 1.67. The van der Waals surface area contributed by atoms with Crippen LogP contribution in [0.2, 0.25) is 0 Å². The molecule has 0 atom stereocenters. The van der Waals surface area contributed by atoms with E-state index in [-0.39, 0.29) is 0 Å². The molecule has 0 spiro atoms. The summed E-state index contributed by atoms with van der Waals surface area (Å²) < 4.78 is 11.3. The SMILES string of the molecule is c1ccc(OCCc2nc3c(o2)CNCC3)cc1. The minimum atomic E-state index is 0.594. The summed E-state index contributed by atoms with van der Waals surface area (Å²) in [5.41, 5.74) is 1.10. The molecule has 4 nitrogen and oxygen atoms in total. The quantitative estimate of drug-likeness (QED) is 0.893. The van der Waals surface area contributed by atoms with Crippen LogP contribution >= 0.6 is 0 Å². The number of oxazole rings is 1. The molecule has 4 heteroatoms. The molecule has 3 rings (SSSR count). The summed E-state index contributed by atoms with van der Waals surface area (Å²) in [7, 11) is 0. The second kappa shape index (κ2) is 5.23. The lowest BCUT2D eigenvalue weighted by Crippen LogP contribution is -2.22. The lowest BCUT2D eigenvalue weighted by Gasteiger charge is -2.08. The smallest absolute Gasteiger partial charge is 0.198 e. The largest absolute Gasteiger partial charge is 0.493 e. The van der Waals surface area contributed by atoms with Crippen LogP contribution in [0.5, 0.6) is 5.75 Å². The number of para-hydroxylation sites is 1. The van der Waals surface area contributed by atoms with Crippen LogP contribution < -0.4 is 10.1 Å². The Morgan fingerprint density at radius 2 is 2.17 bits per heavy atom. The van der Waals surface area contributed by atoms with Crippen molar-refractivity contribution in [2.24, 2.45) is 0 Å². The van der Waals surface area contributed by atoms with Crippen LogP contribution in [0.4, 0.5) is 0 Å². The van der Waals surface area contributed by atoms with Crippen LogP contribution in [0, 0.1) is 0 Å². The number of ether oxygens (including phenoxy) is 1. The molecule has 0 saturated carbocycles. The van der Waals surface area contributed by atoms with E-state index in [1.165, 1.54) is 0 Å². The zero-order valence-corrected chi connectivity index (χ0v) is 10.2. The van der Waals surface area contributed by atoms with Crippen LogP contribution in [0.1, 0.15) is 17.3 Å². The van der Waals surface area contributed by atoms with Crippen molar-refractivity contribution < 1.29 is 9.15 Å². The number of hydrogen-bond acceptors (Lipinski definition) is 4. The first-order valence-corrected chi connectivity index (χ1v) is 6.28. The molecule has 94 valence electrons. The van der Waals surface area contributed by atoms with Gasteiger partial charge in [-0.25, -0.2) is 4.98 Å². The fourth-order valence-corrected chi connectivity index (χ4v) is 2.06. The standard InChI is InChI=1S/C14H16N2O2/c1-2-4-11(5-3-1)17-9-7-14-16-12-6-8-15-10-13(12)18-14/h1-5,15H,6-10H2. The Kier molecular flexibility index (Phi) is 3.28. The van der Waals surface area contributed by atoms with Crippen molar-refractivity contribution in [2.75, 3.05) is 13.2 Å². The summed E-state index contributed by atoms with van der Waals surface area (Å²) in [5, 5.41) is 3.27. The first-order valence-electron chi connectivity index (χ1n) is 6.28. The van der Waals surface area contributed by atoms with Crippen LogP contribution in [-0.4, -0.2) is 18.1 Å². The van der Waals surface area contributed by atoms with Crippen LogP contribution in [0.15, 0.2) is 34.7 Å². The normalized spacial score (nSPS) is 14.2. The first-order chi connectivity index (χ1) is 8.92. The van der Waals surface area contributed by atoms with Gasteiger partial charge in [0.15, 0.2) is 5.89 Å². The molecule has 0 bridgehead atoms. The maximum absolute atomic E-state index is 5.69. The van der Waals surface area contributed by atoms with Gasteiger partial charge in [0.25, 0.3) is 0 Å². The number of nitrogens with zero attached hydrogens (tertiary/aromatic N) is 1. The molecule has 2 aromatic rings. The molecule has 0 saturated heterocycles. The molecule has 1 aliphatic rings. The summed E-state index contributed by atoms with van der Waals surface area (Å²) in [6.45, 7) is 2.37. The molecule has 1 aromatic heterocycles. The van der Waals surface area contributed by atoms with Crippen LogP contribution in [-0.2, 0) is 19.4 Å². The molecule has 0 aliphatic carbocycles. The van der Waals surface area contributed by atoms with Crippen molar-refractivity contribution in [3.63, 3.8) is 0 Å². The van der Waals surface area contributed by atoms with Gasteiger partial charge < -0.3 is 14.5 Å². The van der Waals surface area contributed by atoms with Gasteiger partial charge in [0, 0.05) is 13.0 Å². The molecule has 0 fully saturated rings. The van der Waals surface area contributed by atoms with Gasteiger partial charge >= 0.3 is 0 Å². The third-order valence-corrected chi connectivity index (χ3v) is 2.97. The lowest BCUT2D eigenvalue weighted by molar-refractivity contribution is 0.303. The third-order valence-electron chi connectivity index (χ3n) is 2.97. The summed E-state index contributed by atoms with van der Waals surface area (Å²) in [4.78, 5) is 4.50. The molecular formula is C14H16N2O2. The van der Waals surface area contributed by atoms with Gasteiger partial charge in [0.2, 0.25) is 0 Å². The number of hydrogen-bond donors (Lipinski definition) is 1. The average molecular weight is 244 g/mol. The molecule has 2 heterocycles. The summed E-state index contributed by atoms with van der Waals surface area (Å²) in [6, 6.07) is 9.80. The topological polar surface area (TPSA) is 47.3 Å². The number of nitrogens with one attached hydrogen (secondary N) is 1. The molecule has 0 radical (unpaired) electrons. The van der Waals surface area contributed by atoms with E-state index in [4.69, 9.17) is 9.15 Å². The molecule has 1 N–H and O–H groups in total. The molecular weight excluding hydrogens is 228 g/mol. The van der Waals surface area contributed by atoms with Gasteiger partial charge in [-0.2, -0.15) is 0 Å². The van der Waals surface area contributed by atoms with Crippen molar-refractivity contribution in [2.45, 2.75) is 19.4 Å². The minimum absolute atomic E-state index is 0.594. The number of benzene rings is 1. The highest BCUT2D eigenvalue weighted by Crippen LogP contribution is 2.15. The molecule has 1 aliphatic heterocycles. The fraction of sp³-hybridized carbons (Fsp3) is 0.357. The van der Waals surface area contributed by atoms with Gasteiger partial charge in [-0.3, -0.25) is 0 Å². The molecule has 0 unspecified atom stereocenters. The Hall–Kier alpha value is -1.81. The third kappa shape index (κ3) is 2.54. The maximum Gasteiger partial charge on any atom is 0.198 e. The zero-order chi connectivity index (χ0) is 12.2. The van der Waals surface area contributed by atoms with Crippen molar-refractivity contribution in [1.82, 2.24) is 10.3 Å². The first kappa shape index (κ1) is 11.3. The van der Waals surface area contributed by atoms with Crippen molar-refractivity contribution in [3.8, 4) is 5.75 Å². The summed E-state index contributed by atoms with van der Waals surface area (Å²) >= 11 is 0. The van der Waals surface area contributed by atoms with Gasteiger partial charge in [-0.05, 0) is 12.1 Å². The van der Waals surface area contributed by atoms with Crippen LogP contribution in [0.25, 0.3) is 0 Å². The van der Waals surface area contributed by atoms with Gasteiger partial charge in [-0.1, -0.05) is 18.2 Å². The highest BCUT2D eigenvalue weighted by molar-refractivity contribution is 5.21. The fourth-order valence-electron chi connectivity index (χ4n) is 2.06. The second-order valence-corrected chi connectivity index (χ2v) is 4.32. The Balaban J connectivity index is 1.55. The predicted octanol–water partition coefficient (Wildman–Crippen LogP) is 1.94. The Morgan fingerprint density at radius 1 is 1.28 bits per heavy atom. The molecule has 0 amide bonds. The van der Waals surface area contributed by atoms with E-state index in [1.54, 1.807) is 0 Å².